The fourth-order valence-electron chi connectivity index (χ4n) is 1.49. The second-order valence-electron chi connectivity index (χ2n) is 4.21. The average Bonchev–Trinajstić information content (AvgIpc) is 2.21. The van der Waals surface area contributed by atoms with Gasteiger partial charge in [-0.25, -0.2) is 4.39 Å². The molecule has 0 aliphatic rings. The van der Waals surface area contributed by atoms with Crippen molar-refractivity contribution in [2.45, 2.75) is 26.4 Å². The summed E-state index contributed by atoms with van der Waals surface area (Å²) < 4.78 is 13.3. The third kappa shape index (κ3) is 4.58. The molecule has 0 saturated heterocycles. The van der Waals surface area contributed by atoms with Gasteiger partial charge in [0.05, 0.1) is 10.0 Å². The first kappa shape index (κ1) is 14.4. The van der Waals surface area contributed by atoms with Crippen molar-refractivity contribution in [1.82, 2.24) is 4.90 Å². The van der Waals surface area contributed by atoms with E-state index in [0.29, 0.717) is 18.1 Å². The van der Waals surface area contributed by atoms with Crippen LogP contribution in [0.4, 0.5) is 4.39 Å². The molecule has 0 amide bonds. The number of hydrogen-bond donors (Lipinski definition) is 1. The highest BCUT2D eigenvalue weighted by atomic mass is 35.5. The zero-order chi connectivity index (χ0) is 13.0. The third-order valence-electron chi connectivity index (χ3n) is 2.46. The van der Waals surface area contributed by atoms with Gasteiger partial charge in [0.1, 0.15) is 5.82 Å². The predicted molar refractivity (Wildman–Crippen MR) is 73.7 cm³/mol. The van der Waals surface area contributed by atoms with Crippen molar-refractivity contribution < 1.29 is 4.39 Å². The van der Waals surface area contributed by atoms with E-state index >= 15 is 0 Å². The van der Waals surface area contributed by atoms with Crippen LogP contribution in [0, 0.1) is 5.82 Å². The van der Waals surface area contributed by atoms with Gasteiger partial charge in [0.2, 0.25) is 0 Å². The largest absolute Gasteiger partial charge is 0.392 e. The minimum atomic E-state index is -0.400. The van der Waals surface area contributed by atoms with Crippen molar-refractivity contribution in [3.05, 3.63) is 34.6 Å². The third-order valence-corrected chi connectivity index (χ3v) is 2.89. The Hall–Kier alpha value is -0.710. The monoisotopic (exact) mass is 274 g/mol. The van der Waals surface area contributed by atoms with Gasteiger partial charge in [-0.1, -0.05) is 29.9 Å². The number of nitrogens with two attached hydrogens (primary N) is 1. The van der Waals surface area contributed by atoms with Gasteiger partial charge in [0.25, 0.3) is 0 Å². The molecule has 1 aromatic carbocycles. The lowest BCUT2D eigenvalue weighted by Crippen LogP contribution is -2.37. The summed E-state index contributed by atoms with van der Waals surface area (Å²) >= 11 is 10.5. The maximum atomic E-state index is 13.3. The number of halogens is 2. The standard InChI is InChI=1S/C12H16ClFN2S/c1-8(2)16(7-12(15)17)6-9-3-4-10(13)11(14)5-9/h3-5,8H,6-7H2,1-2H3,(H2,15,17). The molecule has 0 unspecified atom stereocenters. The normalized spacial score (nSPS) is 11.2. The first-order valence-electron chi connectivity index (χ1n) is 5.36. The molecule has 0 spiro atoms. The van der Waals surface area contributed by atoms with Gasteiger partial charge in [-0.2, -0.15) is 0 Å². The quantitative estimate of drug-likeness (QED) is 0.837. The molecule has 1 aromatic rings. The number of thiocarbonyl (C=S) groups is 1. The van der Waals surface area contributed by atoms with Gasteiger partial charge in [-0.3, -0.25) is 4.90 Å². The summed E-state index contributed by atoms with van der Waals surface area (Å²) in [6.45, 7) is 5.22. The van der Waals surface area contributed by atoms with Crippen molar-refractivity contribution in [3.8, 4) is 0 Å². The van der Waals surface area contributed by atoms with Gasteiger partial charge >= 0.3 is 0 Å². The molecule has 0 fully saturated rings. The number of hydrogen-bond acceptors (Lipinski definition) is 2. The fourth-order valence-corrected chi connectivity index (χ4v) is 1.78. The molecule has 17 heavy (non-hydrogen) atoms. The van der Waals surface area contributed by atoms with Crippen LogP contribution >= 0.6 is 23.8 Å². The summed E-state index contributed by atoms with van der Waals surface area (Å²) in [5.41, 5.74) is 6.39. The predicted octanol–water partition coefficient (Wildman–Crippen LogP) is 2.98. The second-order valence-corrected chi connectivity index (χ2v) is 5.15. The van der Waals surface area contributed by atoms with Crippen LogP contribution in [0.2, 0.25) is 5.02 Å². The van der Waals surface area contributed by atoms with Gasteiger partial charge in [0, 0.05) is 19.1 Å². The Bertz CT molecular complexity index is 409. The highest BCUT2D eigenvalue weighted by Gasteiger charge is 2.12. The average molecular weight is 275 g/mol. The molecule has 0 heterocycles. The highest BCUT2D eigenvalue weighted by Crippen LogP contribution is 2.17. The molecule has 2 N–H and O–H groups in total. The van der Waals surface area contributed by atoms with Gasteiger partial charge in [0.15, 0.2) is 0 Å². The molecule has 0 aliphatic heterocycles. The molecule has 94 valence electrons. The van der Waals surface area contributed by atoms with E-state index in [1.807, 2.05) is 13.8 Å². The summed E-state index contributed by atoms with van der Waals surface area (Å²) in [6, 6.07) is 5.10. The minimum Gasteiger partial charge on any atom is -0.392 e. The topological polar surface area (TPSA) is 29.3 Å². The fraction of sp³-hybridized carbons (Fsp3) is 0.417. The summed E-state index contributed by atoms with van der Waals surface area (Å²) in [7, 11) is 0. The van der Waals surface area contributed by atoms with Crippen LogP contribution in [-0.4, -0.2) is 22.5 Å². The van der Waals surface area contributed by atoms with Crippen LogP contribution < -0.4 is 5.73 Å². The van der Waals surface area contributed by atoms with Gasteiger partial charge in [-0.15, -0.1) is 0 Å². The van der Waals surface area contributed by atoms with Crippen LogP contribution in [0.1, 0.15) is 19.4 Å². The zero-order valence-electron chi connectivity index (χ0n) is 9.91. The van der Waals surface area contributed by atoms with E-state index in [-0.39, 0.29) is 11.1 Å². The van der Waals surface area contributed by atoms with E-state index in [1.54, 1.807) is 12.1 Å². The van der Waals surface area contributed by atoms with Gasteiger partial charge < -0.3 is 5.73 Å². The first-order chi connectivity index (χ1) is 7.90. The van der Waals surface area contributed by atoms with E-state index in [4.69, 9.17) is 29.6 Å². The molecule has 5 heteroatoms. The van der Waals surface area contributed by atoms with Crippen molar-refractivity contribution in [1.29, 1.82) is 0 Å². The Morgan fingerprint density at radius 3 is 2.65 bits per heavy atom. The number of rotatable bonds is 5. The summed E-state index contributed by atoms with van der Waals surface area (Å²) in [5.74, 6) is -0.400. The second kappa shape index (κ2) is 6.28. The maximum Gasteiger partial charge on any atom is 0.142 e. The summed E-state index contributed by atoms with van der Waals surface area (Å²) in [5, 5.41) is 0.138. The van der Waals surface area contributed by atoms with Crippen LogP contribution in [0.25, 0.3) is 0 Å². The molecule has 0 radical (unpaired) electrons. The molecule has 0 saturated carbocycles. The van der Waals surface area contributed by atoms with Crippen molar-refractivity contribution in [3.63, 3.8) is 0 Å². The van der Waals surface area contributed by atoms with Crippen molar-refractivity contribution in [2.24, 2.45) is 5.73 Å². The Morgan fingerprint density at radius 2 is 2.18 bits per heavy atom. The summed E-state index contributed by atoms with van der Waals surface area (Å²) in [6.07, 6.45) is 0. The van der Waals surface area contributed by atoms with Crippen LogP contribution in [0.15, 0.2) is 18.2 Å². The zero-order valence-corrected chi connectivity index (χ0v) is 11.5. The van der Waals surface area contributed by atoms with Crippen molar-refractivity contribution in [2.75, 3.05) is 6.54 Å². The first-order valence-corrected chi connectivity index (χ1v) is 6.15. The van der Waals surface area contributed by atoms with Crippen LogP contribution in [0.3, 0.4) is 0 Å². The van der Waals surface area contributed by atoms with E-state index < -0.39 is 5.82 Å². The van der Waals surface area contributed by atoms with E-state index in [2.05, 4.69) is 4.90 Å². The highest BCUT2D eigenvalue weighted by molar-refractivity contribution is 7.80. The Morgan fingerprint density at radius 1 is 1.53 bits per heavy atom. The summed E-state index contributed by atoms with van der Waals surface area (Å²) in [4.78, 5) is 2.51. The van der Waals surface area contributed by atoms with Crippen LogP contribution in [-0.2, 0) is 6.54 Å². The van der Waals surface area contributed by atoms with E-state index in [1.165, 1.54) is 6.07 Å². The molecule has 0 bridgehead atoms. The molecule has 0 atom stereocenters. The molecule has 0 aliphatic carbocycles. The van der Waals surface area contributed by atoms with Gasteiger partial charge in [-0.05, 0) is 31.5 Å². The molecule has 2 nitrogen and oxygen atoms in total. The lowest BCUT2D eigenvalue weighted by molar-refractivity contribution is 0.245. The molecular weight excluding hydrogens is 259 g/mol. The smallest absolute Gasteiger partial charge is 0.142 e. The van der Waals surface area contributed by atoms with E-state index in [9.17, 15) is 4.39 Å². The molecule has 0 aromatic heterocycles. The minimum absolute atomic E-state index is 0.138. The lowest BCUT2D eigenvalue weighted by atomic mass is 10.2. The van der Waals surface area contributed by atoms with E-state index in [0.717, 1.165) is 5.56 Å². The number of benzene rings is 1. The SMILES string of the molecule is CC(C)N(CC(N)=S)Cc1ccc(Cl)c(F)c1. The lowest BCUT2D eigenvalue weighted by Gasteiger charge is -2.25. The molecule has 1 rings (SSSR count). The molecular formula is C12H16ClFN2S. The Balaban J connectivity index is 2.78. The van der Waals surface area contributed by atoms with Crippen molar-refractivity contribution >= 4 is 28.8 Å². The Kier molecular flexibility index (Phi) is 5.31. The van der Waals surface area contributed by atoms with Crippen LogP contribution in [0.5, 0.6) is 0 Å². The Labute approximate surface area is 112 Å². The number of nitrogens with zero attached hydrogens (tertiary/aromatic N) is 1. The maximum absolute atomic E-state index is 13.3.